The lowest BCUT2D eigenvalue weighted by molar-refractivity contribution is -0.237. The van der Waals surface area contributed by atoms with E-state index in [1.165, 1.54) is 4.90 Å². The number of rotatable bonds is 5. The number of amides is 1. The standard InChI is InChI=1S/C53H84N2O10/c1-32-16-12-11-13-17-33(2)34(3)30-43-21-19-40(9)53(63,65-43)50(54-23-25-56)51(61)55-24-15-14-18-44(55)52(62)64-47(37(6)29-42-20-22-45(57)36(5)28-42)31-46(58)35(4)27-39(8)49(60)41(10)48(59)38(7)26-32/h11-13,16-17,27,32,34-38,40-45,47,49,56-57,60,63H,14-15,18-26,28-31H2,1-10H3/b13-11+,16-12+,33-17+,39-27+,54-50?/t32-,34+,35-,36-,37-,38-,40-,41+,42?,43+,44+,45-,47?,49-,53-/m1/s1. The second-order valence-electron chi connectivity index (χ2n) is 20.7. The molecule has 2 unspecified atom stereocenters. The van der Waals surface area contributed by atoms with Gasteiger partial charge in [0.15, 0.2) is 5.71 Å². The van der Waals surface area contributed by atoms with Crippen LogP contribution in [0.3, 0.4) is 0 Å². The molecule has 0 spiro atoms. The van der Waals surface area contributed by atoms with Gasteiger partial charge in [0.1, 0.15) is 23.7 Å². The van der Waals surface area contributed by atoms with Gasteiger partial charge in [0, 0.05) is 36.6 Å². The molecular formula is C53H84N2O10. The number of hydrogen-bond acceptors (Lipinski definition) is 11. The predicted octanol–water partition coefficient (Wildman–Crippen LogP) is 7.91. The number of ether oxygens (including phenoxy) is 2. The first kappa shape index (κ1) is 54.3. The zero-order chi connectivity index (χ0) is 48.2. The highest BCUT2D eigenvalue weighted by atomic mass is 16.6. The molecule has 15 atom stereocenters. The number of allylic oxidation sites excluding steroid dienone is 7. The lowest BCUT2D eigenvalue weighted by Crippen LogP contribution is -2.61. The van der Waals surface area contributed by atoms with Crippen molar-refractivity contribution in [2.45, 2.75) is 183 Å². The maximum absolute atomic E-state index is 14.8. The van der Waals surface area contributed by atoms with Crippen molar-refractivity contribution in [1.82, 2.24) is 4.90 Å². The number of hydrogen-bond donors (Lipinski definition) is 4. The van der Waals surface area contributed by atoms with Crippen LogP contribution in [0.5, 0.6) is 0 Å². The average molecular weight is 909 g/mol. The number of carbonyl (C=O) groups excluding carboxylic acids is 4. The number of esters is 1. The highest BCUT2D eigenvalue weighted by Gasteiger charge is 2.51. The summed E-state index contributed by atoms with van der Waals surface area (Å²) in [6.45, 7) is 18.9. The number of Topliss-reactive ketones (excluding diaryl/α,β-unsaturated/α-hetero) is 2. The van der Waals surface area contributed by atoms with Gasteiger partial charge >= 0.3 is 5.97 Å². The van der Waals surface area contributed by atoms with E-state index >= 15 is 0 Å². The number of aliphatic hydroxyl groups excluding tert-OH is 3. The van der Waals surface area contributed by atoms with Crippen molar-refractivity contribution in [1.29, 1.82) is 0 Å². The summed E-state index contributed by atoms with van der Waals surface area (Å²) in [4.78, 5) is 63.0. The Hall–Kier alpha value is -3.29. The molecule has 4 N–H and O–H groups in total. The van der Waals surface area contributed by atoms with Gasteiger partial charge in [0.05, 0.1) is 31.5 Å². The van der Waals surface area contributed by atoms with Crippen molar-refractivity contribution in [3.63, 3.8) is 0 Å². The maximum Gasteiger partial charge on any atom is 0.329 e. The van der Waals surface area contributed by atoms with Gasteiger partial charge in [-0.2, -0.15) is 0 Å². The summed E-state index contributed by atoms with van der Waals surface area (Å²) in [6, 6.07) is -1.01. The molecule has 1 amide bonds. The Morgan fingerprint density at radius 2 is 1.58 bits per heavy atom. The Morgan fingerprint density at radius 1 is 0.862 bits per heavy atom. The number of aliphatic imine (C=N–C) groups is 1. The van der Waals surface area contributed by atoms with E-state index in [1.54, 1.807) is 26.8 Å². The van der Waals surface area contributed by atoms with Gasteiger partial charge in [-0.25, -0.2) is 4.79 Å². The van der Waals surface area contributed by atoms with Crippen LogP contribution in [-0.2, 0) is 28.7 Å². The van der Waals surface area contributed by atoms with Gasteiger partial charge in [-0.15, -0.1) is 0 Å². The molecule has 1 aliphatic carbocycles. The Morgan fingerprint density at radius 3 is 2.28 bits per heavy atom. The fraction of sp³-hybridized carbons (Fsp3) is 0.755. The molecule has 366 valence electrons. The monoisotopic (exact) mass is 909 g/mol. The normalized spacial score (nSPS) is 41.0. The van der Waals surface area contributed by atoms with E-state index < -0.39 is 59.8 Å². The van der Waals surface area contributed by atoms with Crippen LogP contribution in [0.1, 0.15) is 146 Å². The minimum Gasteiger partial charge on any atom is -0.460 e. The fourth-order valence-corrected chi connectivity index (χ4v) is 10.5. The lowest BCUT2D eigenvalue weighted by Gasteiger charge is -2.44. The van der Waals surface area contributed by atoms with Crippen LogP contribution in [0.2, 0.25) is 0 Å². The first-order valence-electron chi connectivity index (χ1n) is 24.9. The summed E-state index contributed by atoms with van der Waals surface area (Å²) in [5.41, 5.74) is 1.41. The van der Waals surface area contributed by atoms with E-state index in [1.807, 2.05) is 52.0 Å². The van der Waals surface area contributed by atoms with Gasteiger partial charge in [-0.1, -0.05) is 97.4 Å². The molecule has 4 aliphatic rings. The Bertz CT molecular complexity index is 1770. The molecule has 0 aromatic rings. The van der Waals surface area contributed by atoms with Crippen LogP contribution in [-0.4, -0.2) is 110 Å². The molecule has 0 aromatic carbocycles. The first-order chi connectivity index (χ1) is 30.7. The lowest BCUT2D eigenvalue weighted by atomic mass is 9.75. The van der Waals surface area contributed by atoms with E-state index in [-0.39, 0.29) is 85.0 Å². The molecule has 65 heavy (non-hydrogen) atoms. The summed E-state index contributed by atoms with van der Waals surface area (Å²) >= 11 is 0. The van der Waals surface area contributed by atoms with E-state index in [0.29, 0.717) is 63.4 Å². The van der Waals surface area contributed by atoms with Crippen LogP contribution in [0, 0.1) is 53.3 Å². The number of fused-ring (bicyclic) bond motifs is 3. The van der Waals surface area contributed by atoms with Crippen LogP contribution in [0.4, 0.5) is 0 Å². The van der Waals surface area contributed by atoms with Crippen LogP contribution in [0.25, 0.3) is 0 Å². The molecule has 2 saturated heterocycles. The van der Waals surface area contributed by atoms with Gasteiger partial charge in [-0.3, -0.25) is 19.4 Å². The zero-order valence-electron chi connectivity index (χ0n) is 41.3. The second kappa shape index (κ2) is 25.2. The number of nitrogens with zero attached hydrogens (tertiary/aromatic N) is 2. The molecular weight excluding hydrogens is 825 g/mol. The highest BCUT2D eigenvalue weighted by Crippen LogP contribution is 2.39. The van der Waals surface area contributed by atoms with Crippen LogP contribution < -0.4 is 0 Å². The number of aliphatic hydroxyl groups is 4. The summed E-state index contributed by atoms with van der Waals surface area (Å²) in [5, 5.41) is 44.2. The average Bonchev–Trinajstić information content (AvgIpc) is 3.27. The minimum atomic E-state index is -2.06. The third kappa shape index (κ3) is 14.8. The number of cyclic esters (lactones) is 1. The van der Waals surface area contributed by atoms with Crippen molar-refractivity contribution in [2.75, 3.05) is 19.7 Å². The fourth-order valence-electron chi connectivity index (χ4n) is 10.5. The van der Waals surface area contributed by atoms with Crippen molar-refractivity contribution in [3.05, 3.63) is 47.6 Å². The van der Waals surface area contributed by atoms with Gasteiger partial charge < -0.3 is 34.8 Å². The smallest absolute Gasteiger partial charge is 0.329 e. The van der Waals surface area contributed by atoms with E-state index in [4.69, 9.17) is 9.47 Å². The Balaban J connectivity index is 1.73. The Labute approximate surface area is 390 Å². The molecule has 12 nitrogen and oxygen atoms in total. The third-order valence-corrected chi connectivity index (χ3v) is 15.2. The predicted molar refractivity (Wildman–Crippen MR) is 255 cm³/mol. The third-order valence-electron chi connectivity index (χ3n) is 15.2. The summed E-state index contributed by atoms with van der Waals surface area (Å²) in [6.07, 6.45) is 16.0. The van der Waals surface area contributed by atoms with Gasteiger partial charge in [-0.05, 0) is 120 Å². The van der Waals surface area contributed by atoms with Crippen LogP contribution in [0.15, 0.2) is 52.6 Å². The summed E-state index contributed by atoms with van der Waals surface area (Å²) < 4.78 is 12.9. The van der Waals surface area contributed by atoms with Gasteiger partial charge in [0.2, 0.25) is 5.79 Å². The minimum absolute atomic E-state index is 0.0428. The largest absolute Gasteiger partial charge is 0.460 e. The molecule has 12 heteroatoms. The molecule has 2 bridgehead atoms. The first-order valence-corrected chi connectivity index (χ1v) is 24.9. The van der Waals surface area contributed by atoms with E-state index in [0.717, 1.165) is 18.4 Å². The SMILES string of the molecule is C/C1=C\[C@@H](C)C(=O)CC([C@H](C)CC2CC[C@@H](O)[C@H](C)C2)OC(=O)[C@@H]2CCCCN2C(=O)C(=NCCO)[C@]2(O)O[C@@H](CC[C@H]2C)C[C@H](C)/C(C)=C/C=C/C=C/[C@@H](C)C[C@@H](C)C(=O)[C@H](C)[C@@H]1O. The molecule has 0 aromatic heterocycles. The molecule has 3 aliphatic heterocycles. The zero-order valence-corrected chi connectivity index (χ0v) is 41.3. The topological polar surface area (TPSA) is 183 Å². The highest BCUT2D eigenvalue weighted by molar-refractivity contribution is 6.41. The molecule has 4 rings (SSSR count). The molecule has 1 saturated carbocycles. The van der Waals surface area contributed by atoms with Crippen molar-refractivity contribution < 1.29 is 49.1 Å². The van der Waals surface area contributed by atoms with E-state index in [9.17, 15) is 39.6 Å². The maximum atomic E-state index is 14.8. The molecule has 0 radical (unpaired) electrons. The number of ketones is 2. The molecule has 3 heterocycles. The summed E-state index contributed by atoms with van der Waals surface area (Å²) in [7, 11) is 0. The second-order valence-corrected chi connectivity index (χ2v) is 20.7. The van der Waals surface area contributed by atoms with Gasteiger partial charge in [0.25, 0.3) is 5.91 Å². The number of carbonyl (C=O) groups is 4. The summed E-state index contributed by atoms with van der Waals surface area (Å²) in [5.74, 6) is -5.35. The Kier molecular flexibility index (Phi) is 21.0. The van der Waals surface area contributed by atoms with Crippen molar-refractivity contribution in [3.8, 4) is 0 Å². The van der Waals surface area contributed by atoms with Crippen molar-refractivity contribution >= 4 is 29.2 Å². The van der Waals surface area contributed by atoms with Crippen molar-refractivity contribution in [2.24, 2.45) is 58.3 Å². The van der Waals surface area contributed by atoms with E-state index in [2.05, 4.69) is 31.8 Å². The molecule has 3 fully saturated rings. The number of piperidine rings is 1. The van der Waals surface area contributed by atoms with Crippen LogP contribution >= 0.6 is 0 Å². The quantitative estimate of drug-likeness (QED) is 0.156.